The molecule has 6 nitrogen and oxygen atoms in total. The van der Waals surface area contributed by atoms with E-state index < -0.39 is 0 Å². The highest BCUT2D eigenvalue weighted by molar-refractivity contribution is 6.29. The molecule has 0 aromatic carbocycles. The molecule has 0 bridgehead atoms. The lowest BCUT2D eigenvalue weighted by Crippen LogP contribution is -2.33. The van der Waals surface area contributed by atoms with Crippen LogP contribution < -0.4 is 4.90 Å². The molecule has 1 saturated heterocycles. The van der Waals surface area contributed by atoms with Crippen molar-refractivity contribution < 1.29 is 4.79 Å². The summed E-state index contributed by atoms with van der Waals surface area (Å²) >= 11 is 6.31. The molecular formula is C20H28ClN5O. The Labute approximate surface area is 165 Å². The third-order valence-corrected chi connectivity index (χ3v) is 5.55. The summed E-state index contributed by atoms with van der Waals surface area (Å²) in [6.45, 7) is 12.3. The Balaban J connectivity index is 1.69. The van der Waals surface area contributed by atoms with E-state index in [2.05, 4.69) is 42.7 Å². The minimum atomic E-state index is 0.00837. The fraction of sp³-hybridized carbons (Fsp3) is 0.650. The van der Waals surface area contributed by atoms with Gasteiger partial charge in [0.2, 0.25) is 0 Å². The van der Waals surface area contributed by atoms with E-state index in [4.69, 9.17) is 11.6 Å². The van der Waals surface area contributed by atoms with Crippen LogP contribution in [0.2, 0.25) is 5.15 Å². The van der Waals surface area contributed by atoms with E-state index in [1.807, 2.05) is 11.0 Å². The van der Waals surface area contributed by atoms with Gasteiger partial charge in [-0.3, -0.25) is 4.79 Å². The maximum atomic E-state index is 12.9. The minimum absolute atomic E-state index is 0.00837. The van der Waals surface area contributed by atoms with E-state index in [9.17, 15) is 4.79 Å². The molecule has 0 spiro atoms. The molecule has 2 fully saturated rings. The van der Waals surface area contributed by atoms with Crippen molar-refractivity contribution in [1.29, 1.82) is 0 Å². The molecule has 146 valence electrons. The molecule has 3 heterocycles. The number of anilines is 1. The van der Waals surface area contributed by atoms with Crippen molar-refractivity contribution >= 4 is 29.0 Å². The van der Waals surface area contributed by atoms with Crippen LogP contribution in [0.15, 0.2) is 12.1 Å². The van der Waals surface area contributed by atoms with Crippen LogP contribution in [-0.2, 0) is 0 Å². The second-order valence-corrected chi connectivity index (χ2v) is 9.28. The first-order valence-electron chi connectivity index (χ1n) is 9.92. The van der Waals surface area contributed by atoms with Crippen molar-refractivity contribution in [2.24, 2.45) is 23.7 Å². The molecule has 4 rings (SSSR count). The van der Waals surface area contributed by atoms with Crippen LogP contribution in [0.25, 0.3) is 5.65 Å². The summed E-state index contributed by atoms with van der Waals surface area (Å²) in [5, 5.41) is 5.06. The van der Waals surface area contributed by atoms with Gasteiger partial charge in [-0.05, 0) is 30.1 Å². The highest BCUT2D eigenvalue weighted by Gasteiger charge is 2.47. The second-order valence-electron chi connectivity index (χ2n) is 8.90. The van der Waals surface area contributed by atoms with E-state index >= 15 is 0 Å². The van der Waals surface area contributed by atoms with Gasteiger partial charge in [0.1, 0.15) is 11.0 Å². The van der Waals surface area contributed by atoms with Gasteiger partial charge in [0, 0.05) is 38.3 Å². The summed E-state index contributed by atoms with van der Waals surface area (Å²) in [5.41, 5.74) is 1.09. The molecular weight excluding hydrogens is 362 g/mol. The van der Waals surface area contributed by atoms with Crippen LogP contribution in [0.5, 0.6) is 0 Å². The highest BCUT2D eigenvalue weighted by atomic mass is 35.5. The molecule has 0 radical (unpaired) electrons. The number of halogens is 1. The zero-order chi connectivity index (χ0) is 19.3. The lowest BCUT2D eigenvalue weighted by molar-refractivity contribution is 0.0769. The second kappa shape index (κ2) is 6.97. The van der Waals surface area contributed by atoms with Gasteiger partial charge in [-0.1, -0.05) is 39.3 Å². The topological polar surface area (TPSA) is 53.7 Å². The Kier molecular flexibility index (Phi) is 4.78. The maximum absolute atomic E-state index is 12.9. The molecule has 2 aromatic rings. The molecule has 2 aliphatic rings. The van der Waals surface area contributed by atoms with Gasteiger partial charge >= 0.3 is 0 Å². The number of carbonyl (C=O) groups excluding carboxylic acids is 1. The van der Waals surface area contributed by atoms with Gasteiger partial charge < -0.3 is 9.80 Å². The molecule has 1 aliphatic carbocycles. The number of fused-ring (bicyclic) bond motifs is 2. The summed E-state index contributed by atoms with van der Waals surface area (Å²) in [4.78, 5) is 21.5. The number of carbonyl (C=O) groups is 1. The Morgan fingerprint density at radius 3 is 2.41 bits per heavy atom. The van der Waals surface area contributed by atoms with E-state index in [1.165, 1.54) is 6.42 Å². The third-order valence-electron chi connectivity index (χ3n) is 5.36. The quantitative estimate of drug-likeness (QED) is 0.708. The van der Waals surface area contributed by atoms with Gasteiger partial charge in [0.05, 0.1) is 0 Å². The van der Waals surface area contributed by atoms with Crippen molar-refractivity contribution in [3.05, 3.63) is 23.0 Å². The molecule has 1 saturated carbocycles. The van der Waals surface area contributed by atoms with Gasteiger partial charge in [-0.25, -0.2) is 4.98 Å². The van der Waals surface area contributed by atoms with Crippen molar-refractivity contribution in [2.75, 3.05) is 31.1 Å². The lowest BCUT2D eigenvalue weighted by Gasteiger charge is -2.28. The van der Waals surface area contributed by atoms with Crippen molar-refractivity contribution in [2.45, 2.75) is 34.1 Å². The van der Waals surface area contributed by atoms with E-state index in [0.717, 1.165) is 32.0 Å². The Morgan fingerprint density at radius 2 is 1.81 bits per heavy atom. The zero-order valence-electron chi connectivity index (χ0n) is 16.5. The summed E-state index contributed by atoms with van der Waals surface area (Å²) in [6, 6.07) is 3.62. The van der Waals surface area contributed by atoms with Gasteiger partial charge in [-0.2, -0.15) is 9.61 Å². The first-order chi connectivity index (χ1) is 12.8. The zero-order valence-corrected chi connectivity index (χ0v) is 17.3. The van der Waals surface area contributed by atoms with Crippen LogP contribution in [-0.4, -0.2) is 51.6 Å². The predicted octanol–water partition coefficient (Wildman–Crippen LogP) is 3.59. The summed E-state index contributed by atoms with van der Waals surface area (Å²) in [7, 11) is 0. The number of likely N-dealkylation sites (tertiary alicyclic amines) is 1. The number of piperidine rings is 1. The number of hydrogen-bond donors (Lipinski definition) is 0. The van der Waals surface area contributed by atoms with Crippen LogP contribution in [0.1, 0.15) is 44.6 Å². The van der Waals surface area contributed by atoms with Crippen LogP contribution in [0.3, 0.4) is 0 Å². The summed E-state index contributed by atoms with van der Waals surface area (Å²) < 4.78 is 1.78. The molecule has 1 amide bonds. The first-order valence-corrected chi connectivity index (χ1v) is 10.3. The number of aromatic nitrogens is 3. The molecule has 2 aromatic heterocycles. The smallest absolute Gasteiger partial charge is 0.274 e. The van der Waals surface area contributed by atoms with Gasteiger partial charge in [0.15, 0.2) is 11.3 Å². The monoisotopic (exact) mass is 389 g/mol. The number of hydrogen-bond acceptors (Lipinski definition) is 4. The SMILES string of the molecule is CC(C)CN(CC(C)C)c1cc(Cl)nc2cc(C(=O)N3C[C@H]4C[C@H]4C3)nn12. The molecule has 1 aliphatic heterocycles. The highest BCUT2D eigenvalue weighted by Crippen LogP contribution is 2.45. The lowest BCUT2D eigenvalue weighted by atomic mass is 10.1. The average Bonchev–Trinajstić information content (AvgIpc) is 3.01. The molecule has 0 N–H and O–H groups in total. The van der Waals surface area contributed by atoms with Crippen molar-refractivity contribution in [1.82, 2.24) is 19.5 Å². The van der Waals surface area contributed by atoms with Crippen LogP contribution in [0.4, 0.5) is 5.82 Å². The average molecular weight is 390 g/mol. The summed E-state index contributed by atoms with van der Waals surface area (Å²) in [6.07, 6.45) is 1.27. The Morgan fingerprint density at radius 1 is 1.19 bits per heavy atom. The molecule has 2 atom stereocenters. The molecule has 0 unspecified atom stereocenters. The standard InChI is InChI=1S/C20H28ClN5O/c1-12(2)8-24(9-13(3)4)19-7-17(21)22-18-6-16(23-26(18)19)20(27)25-10-14-5-15(14)11-25/h6-7,12-15H,5,8-11H2,1-4H3/t14-,15+. The Bertz CT molecular complexity index is 841. The predicted molar refractivity (Wildman–Crippen MR) is 107 cm³/mol. The first kappa shape index (κ1) is 18.5. The van der Waals surface area contributed by atoms with E-state index in [0.29, 0.717) is 40.2 Å². The van der Waals surface area contributed by atoms with Crippen LogP contribution >= 0.6 is 11.6 Å². The Hall–Kier alpha value is -1.82. The van der Waals surface area contributed by atoms with Gasteiger partial charge in [0.25, 0.3) is 5.91 Å². The number of nitrogens with zero attached hydrogens (tertiary/aromatic N) is 5. The normalized spacial score (nSPS) is 21.4. The fourth-order valence-electron chi connectivity index (χ4n) is 4.13. The number of amides is 1. The maximum Gasteiger partial charge on any atom is 0.274 e. The van der Waals surface area contributed by atoms with Crippen molar-refractivity contribution in [3.8, 4) is 0 Å². The van der Waals surface area contributed by atoms with Gasteiger partial charge in [-0.15, -0.1) is 0 Å². The molecule has 27 heavy (non-hydrogen) atoms. The van der Waals surface area contributed by atoms with Crippen LogP contribution in [0, 0.1) is 23.7 Å². The number of rotatable bonds is 6. The summed E-state index contributed by atoms with van der Waals surface area (Å²) in [5.74, 6) is 3.32. The van der Waals surface area contributed by atoms with Crippen molar-refractivity contribution in [3.63, 3.8) is 0 Å². The van der Waals surface area contributed by atoms with E-state index in [-0.39, 0.29) is 5.91 Å². The fourth-order valence-corrected chi connectivity index (χ4v) is 4.31. The molecule has 7 heteroatoms. The largest absolute Gasteiger partial charge is 0.356 e. The van der Waals surface area contributed by atoms with E-state index in [1.54, 1.807) is 10.6 Å². The minimum Gasteiger partial charge on any atom is -0.356 e. The third kappa shape index (κ3) is 3.77.